The van der Waals surface area contributed by atoms with Gasteiger partial charge in [0.25, 0.3) is 0 Å². The second-order valence-electron chi connectivity index (χ2n) is 6.05. The Hall–Kier alpha value is -2.59. The number of alkyl halides is 3. The normalized spacial score (nSPS) is 13.0. The van der Waals surface area contributed by atoms with Crippen LogP contribution in [0.15, 0.2) is 48.5 Å². The van der Waals surface area contributed by atoms with Gasteiger partial charge in [0.2, 0.25) is 15.9 Å². The highest BCUT2D eigenvalue weighted by molar-refractivity contribution is 7.88. The summed E-state index contributed by atoms with van der Waals surface area (Å²) < 4.78 is 69.0. The minimum atomic E-state index is -4.54. The molecule has 0 fully saturated rings. The van der Waals surface area contributed by atoms with E-state index in [2.05, 4.69) is 10.0 Å². The summed E-state index contributed by atoms with van der Waals surface area (Å²) in [5.74, 6) is -0.0911. The predicted octanol–water partition coefficient (Wildman–Crippen LogP) is 3.33. The number of hydrogen-bond acceptors (Lipinski definition) is 4. The van der Waals surface area contributed by atoms with Crippen LogP contribution in [0.25, 0.3) is 0 Å². The van der Waals surface area contributed by atoms with Crippen molar-refractivity contribution < 1.29 is 31.1 Å². The summed E-state index contributed by atoms with van der Waals surface area (Å²) >= 11 is 0. The monoisotopic (exact) mass is 416 g/mol. The van der Waals surface area contributed by atoms with Gasteiger partial charge in [-0.2, -0.15) is 13.2 Å². The zero-order valence-electron chi connectivity index (χ0n) is 15.1. The van der Waals surface area contributed by atoms with E-state index in [1.165, 1.54) is 19.2 Å². The first-order chi connectivity index (χ1) is 13.0. The van der Waals surface area contributed by atoms with E-state index in [1.807, 2.05) is 0 Å². The van der Waals surface area contributed by atoms with E-state index in [9.17, 15) is 26.4 Å². The largest absolute Gasteiger partial charge is 0.497 e. The average Bonchev–Trinajstić information content (AvgIpc) is 2.59. The Morgan fingerprint density at radius 1 is 1.14 bits per heavy atom. The summed E-state index contributed by atoms with van der Waals surface area (Å²) in [4.78, 5) is 12.3. The Morgan fingerprint density at radius 2 is 1.79 bits per heavy atom. The number of carbonyl (C=O) groups is 1. The predicted molar refractivity (Wildman–Crippen MR) is 98.4 cm³/mol. The van der Waals surface area contributed by atoms with E-state index >= 15 is 0 Å². The number of ether oxygens (including phenoxy) is 1. The molecule has 2 aromatic carbocycles. The topological polar surface area (TPSA) is 84.5 Å². The van der Waals surface area contributed by atoms with Gasteiger partial charge < -0.3 is 10.1 Å². The van der Waals surface area contributed by atoms with Gasteiger partial charge in [-0.25, -0.2) is 13.1 Å². The maximum absolute atomic E-state index is 12.8. The van der Waals surface area contributed by atoms with Gasteiger partial charge >= 0.3 is 6.18 Å². The molecule has 0 spiro atoms. The first-order valence-electron chi connectivity index (χ1n) is 8.06. The highest BCUT2D eigenvalue weighted by atomic mass is 32.2. The molecule has 0 aliphatic heterocycles. The van der Waals surface area contributed by atoms with Gasteiger partial charge in [-0.3, -0.25) is 4.79 Å². The lowest BCUT2D eigenvalue weighted by molar-refractivity contribution is -0.137. The molecule has 1 amide bonds. The van der Waals surface area contributed by atoms with E-state index in [0.29, 0.717) is 11.3 Å². The first-order valence-corrected chi connectivity index (χ1v) is 9.95. The Kier molecular flexibility index (Phi) is 6.68. The lowest BCUT2D eigenvalue weighted by atomic mass is 10.0. The first kappa shape index (κ1) is 21.7. The maximum Gasteiger partial charge on any atom is 0.416 e. The highest BCUT2D eigenvalue weighted by Gasteiger charge is 2.30. The number of rotatable bonds is 7. The van der Waals surface area contributed by atoms with Crippen molar-refractivity contribution in [2.24, 2.45) is 0 Å². The van der Waals surface area contributed by atoms with Crippen LogP contribution in [0, 0.1) is 0 Å². The fourth-order valence-electron chi connectivity index (χ4n) is 2.49. The second kappa shape index (κ2) is 8.61. The van der Waals surface area contributed by atoms with Crippen LogP contribution in [0.1, 0.15) is 23.6 Å². The molecule has 0 radical (unpaired) electrons. The van der Waals surface area contributed by atoms with Gasteiger partial charge in [0, 0.05) is 12.1 Å². The third-order valence-corrected chi connectivity index (χ3v) is 4.45. The van der Waals surface area contributed by atoms with Crippen molar-refractivity contribution >= 4 is 21.6 Å². The highest BCUT2D eigenvalue weighted by Crippen LogP contribution is 2.31. The zero-order valence-corrected chi connectivity index (χ0v) is 15.9. The van der Waals surface area contributed by atoms with Crippen LogP contribution in [-0.2, 0) is 21.0 Å². The summed E-state index contributed by atoms with van der Waals surface area (Å²) in [7, 11) is -2.17. The van der Waals surface area contributed by atoms with Crippen molar-refractivity contribution in [3.05, 3.63) is 59.7 Å². The molecule has 1 atom stereocenters. The van der Waals surface area contributed by atoms with Crippen LogP contribution in [0.5, 0.6) is 5.75 Å². The van der Waals surface area contributed by atoms with E-state index in [4.69, 9.17) is 4.74 Å². The summed E-state index contributed by atoms with van der Waals surface area (Å²) in [6.45, 7) is 0. The molecule has 152 valence electrons. The number of halogens is 3. The number of anilines is 1. The quantitative estimate of drug-likeness (QED) is 0.725. The molecule has 0 saturated carbocycles. The minimum Gasteiger partial charge on any atom is -0.497 e. The van der Waals surface area contributed by atoms with E-state index in [0.717, 1.165) is 18.4 Å². The Labute approximate surface area is 160 Å². The van der Waals surface area contributed by atoms with Crippen LogP contribution < -0.4 is 14.8 Å². The zero-order chi connectivity index (χ0) is 20.9. The molecule has 2 aromatic rings. The molecule has 2 rings (SSSR count). The van der Waals surface area contributed by atoms with Crippen LogP contribution in [0.3, 0.4) is 0 Å². The van der Waals surface area contributed by atoms with E-state index in [-0.39, 0.29) is 12.1 Å². The molecule has 0 saturated heterocycles. The molecule has 28 heavy (non-hydrogen) atoms. The van der Waals surface area contributed by atoms with Crippen LogP contribution >= 0.6 is 0 Å². The Balaban J connectivity index is 2.18. The number of hydrogen-bond donors (Lipinski definition) is 2. The Morgan fingerprint density at radius 3 is 2.32 bits per heavy atom. The average molecular weight is 416 g/mol. The van der Waals surface area contributed by atoms with Crippen LogP contribution in [0.4, 0.5) is 18.9 Å². The maximum atomic E-state index is 12.8. The number of carbonyl (C=O) groups excluding carboxylic acids is 1. The molecule has 2 N–H and O–H groups in total. The van der Waals surface area contributed by atoms with Crippen LogP contribution in [0.2, 0.25) is 0 Å². The van der Waals surface area contributed by atoms with Crippen molar-refractivity contribution in [2.75, 3.05) is 18.7 Å². The fourth-order valence-corrected chi connectivity index (χ4v) is 3.23. The summed E-state index contributed by atoms with van der Waals surface area (Å²) in [6.07, 6.45) is -3.89. The van der Waals surface area contributed by atoms with Crippen molar-refractivity contribution in [2.45, 2.75) is 18.6 Å². The number of nitrogens with one attached hydrogen (secondary N) is 2. The number of methoxy groups -OCH3 is 1. The lowest BCUT2D eigenvalue weighted by Crippen LogP contribution is -2.30. The van der Waals surface area contributed by atoms with Crippen molar-refractivity contribution in [1.29, 1.82) is 0 Å². The molecule has 1 unspecified atom stereocenters. The van der Waals surface area contributed by atoms with Crippen LogP contribution in [-0.4, -0.2) is 27.7 Å². The van der Waals surface area contributed by atoms with Gasteiger partial charge in [-0.1, -0.05) is 18.2 Å². The molecule has 0 aromatic heterocycles. The lowest BCUT2D eigenvalue weighted by Gasteiger charge is -2.18. The van der Waals surface area contributed by atoms with Gasteiger partial charge in [0.1, 0.15) is 5.75 Å². The fraction of sp³-hybridized carbons (Fsp3) is 0.278. The summed E-state index contributed by atoms with van der Waals surface area (Å²) in [5, 5.41) is 2.36. The SMILES string of the molecule is COc1ccc(C(CC(=O)Nc2cccc(C(F)(F)F)c2)NS(C)(=O)=O)cc1. The van der Waals surface area contributed by atoms with Crippen molar-refractivity contribution in [1.82, 2.24) is 4.72 Å². The van der Waals surface area contributed by atoms with Crippen molar-refractivity contribution in [3.8, 4) is 5.75 Å². The number of benzene rings is 2. The Bertz CT molecular complexity index is 929. The summed E-state index contributed by atoms with van der Waals surface area (Å²) in [6, 6.07) is 9.71. The van der Waals surface area contributed by atoms with E-state index < -0.39 is 33.7 Å². The smallest absolute Gasteiger partial charge is 0.416 e. The van der Waals surface area contributed by atoms with Gasteiger partial charge in [-0.05, 0) is 35.9 Å². The molecule has 0 heterocycles. The van der Waals surface area contributed by atoms with Gasteiger partial charge in [0.15, 0.2) is 0 Å². The summed E-state index contributed by atoms with van der Waals surface area (Å²) in [5.41, 5.74) is -0.427. The molecule has 0 bridgehead atoms. The number of amides is 1. The molecular weight excluding hydrogens is 397 g/mol. The minimum absolute atomic E-state index is 0.0346. The van der Waals surface area contributed by atoms with Gasteiger partial charge in [-0.15, -0.1) is 0 Å². The molecular formula is C18H19F3N2O4S. The third-order valence-electron chi connectivity index (χ3n) is 3.74. The molecule has 0 aliphatic rings. The standard InChI is InChI=1S/C18H19F3N2O4S/c1-27-15-8-6-12(7-9-15)16(23-28(2,25)26)11-17(24)22-14-5-3-4-13(10-14)18(19,20)21/h3-10,16,23H,11H2,1-2H3,(H,22,24). The third kappa shape index (κ3) is 6.54. The van der Waals surface area contributed by atoms with Crippen molar-refractivity contribution in [3.63, 3.8) is 0 Å². The van der Waals surface area contributed by atoms with Gasteiger partial charge in [0.05, 0.1) is 25.0 Å². The number of sulfonamides is 1. The molecule has 10 heteroatoms. The molecule has 0 aliphatic carbocycles. The second-order valence-corrected chi connectivity index (χ2v) is 7.83. The molecule has 6 nitrogen and oxygen atoms in total. The van der Waals surface area contributed by atoms with E-state index in [1.54, 1.807) is 24.3 Å².